The number of sulfonamides is 1. The maximum Gasteiger partial charge on any atom is 0.271 e. The summed E-state index contributed by atoms with van der Waals surface area (Å²) in [4.78, 5) is 22.8. The fourth-order valence-corrected chi connectivity index (χ4v) is 4.49. The minimum Gasteiger partial charge on any atom is -0.495 e. The number of anilines is 2. The molecule has 0 unspecified atom stereocenters. The summed E-state index contributed by atoms with van der Waals surface area (Å²) in [5, 5.41) is 21.4. The second kappa shape index (κ2) is 9.67. The van der Waals surface area contributed by atoms with Gasteiger partial charge in [0.1, 0.15) is 18.0 Å². The van der Waals surface area contributed by atoms with Crippen LogP contribution in [-0.4, -0.2) is 55.1 Å². The van der Waals surface area contributed by atoms with Crippen molar-refractivity contribution in [2.75, 3.05) is 35.3 Å². The SMILES string of the molecule is C=CCSc1nnc(NC(=O)CN(c2cc([N+](=O)[O-])ccc2OC)S(C)(=O)=O)s1. The highest BCUT2D eigenvalue weighted by molar-refractivity contribution is 8.01. The van der Waals surface area contributed by atoms with E-state index in [0.717, 1.165) is 28.0 Å². The first-order chi connectivity index (χ1) is 13.7. The number of ether oxygens (including phenoxy) is 1. The lowest BCUT2D eigenvalue weighted by Crippen LogP contribution is -2.37. The van der Waals surface area contributed by atoms with E-state index in [1.807, 2.05) is 0 Å². The molecule has 11 nitrogen and oxygen atoms in total. The number of methoxy groups -OCH3 is 1. The average molecular weight is 460 g/mol. The van der Waals surface area contributed by atoms with Crippen LogP contribution in [0.5, 0.6) is 5.75 Å². The van der Waals surface area contributed by atoms with Crippen LogP contribution in [0.4, 0.5) is 16.5 Å². The molecule has 1 aromatic carbocycles. The molecule has 14 heteroatoms. The zero-order chi connectivity index (χ0) is 21.6. The molecule has 0 bridgehead atoms. The van der Waals surface area contributed by atoms with Crippen LogP contribution in [-0.2, 0) is 14.8 Å². The van der Waals surface area contributed by atoms with Crippen molar-refractivity contribution in [2.45, 2.75) is 4.34 Å². The molecule has 29 heavy (non-hydrogen) atoms. The molecule has 0 aliphatic rings. The number of aromatic nitrogens is 2. The van der Waals surface area contributed by atoms with Gasteiger partial charge in [0.25, 0.3) is 5.69 Å². The Labute approximate surface area is 175 Å². The Morgan fingerprint density at radius 1 is 1.48 bits per heavy atom. The number of rotatable bonds is 10. The molecule has 0 aliphatic carbocycles. The lowest BCUT2D eigenvalue weighted by molar-refractivity contribution is -0.384. The Hall–Kier alpha value is -2.71. The van der Waals surface area contributed by atoms with Gasteiger partial charge in [-0.3, -0.25) is 24.5 Å². The molecule has 0 saturated heterocycles. The number of benzene rings is 1. The van der Waals surface area contributed by atoms with Gasteiger partial charge in [0, 0.05) is 17.9 Å². The lowest BCUT2D eigenvalue weighted by atomic mass is 10.2. The minimum absolute atomic E-state index is 0.0628. The summed E-state index contributed by atoms with van der Waals surface area (Å²) in [6.45, 7) is 2.96. The standard InChI is InChI=1S/C15H17N5O6S3/c1-4-7-27-15-18-17-14(28-15)16-13(21)9-19(29(3,24)25)11-8-10(20(22)23)5-6-12(11)26-2/h4-6,8H,1,7,9H2,2-3H3,(H,16,17,21). The molecule has 1 N–H and O–H groups in total. The highest BCUT2D eigenvalue weighted by Gasteiger charge is 2.26. The van der Waals surface area contributed by atoms with Gasteiger partial charge < -0.3 is 4.74 Å². The summed E-state index contributed by atoms with van der Waals surface area (Å²) >= 11 is 2.51. The molecular weight excluding hydrogens is 442 g/mol. The molecule has 156 valence electrons. The Bertz CT molecular complexity index is 1020. The summed E-state index contributed by atoms with van der Waals surface area (Å²) in [6.07, 6.45) is 2.58. The minimum atomic E-state index is -3.97. The van der Waals surface area contributed by atoms with Crippen molar-refractivity contribution in [3.8, 4) is 5.75 Å². The topological polar surface area (TPSA) is 145 Å². The number of amides is 1. The Kier molecular flexibility index (Phi) is 7.53. The molecule has 0 spiro atoms. The molecule has 0 aliphatic heterocycles. The van der Waals surface area contributed by atoms with Crippen LogP contribution in [0.1, 0.15) is 0 Å². The van der Waals surface area contributed by atoms with Crippen molar-refractivity contribution in [2.24, 2.45) is 0 Å². The fourth-order valence-electron chi connectivity index (χ4n) is 2.11. The third-order valence-electron chi connectivity index (χ3n) is 3.31. The van der Waals surface area contributed by atoms with Gasteiger partial charge in [0.2, 0.25) is 21.1 Å². The van der Waals surface area contributed by atoms with Gasteiger partial charge in [-0.2, -0.15) is 0 Å². The number of nitro groups is 1. The Morgan fingerprint density at radius 2 is 2.21 bits per heavy atom. The number of nitro benzene ring substituents is 1. The molecule has 1 amide bonds. The van der Waals surface area contributed by atoms with Gasteiger partial charge in [0.15, 0.2) is 4.34 Å². The van der Waals surface area contributed by atoms with Crippen LogP contribution in [0.3, 0.4) is 0 Å². The first-order valence-electron chi connectivity index (χ1n) is 7.83. The van der Waals surface area contributed by atoms with E-state index in [1.54, 1.807) is 6.08 Å². The van der Waals surface area contributed by atoms with E-state index < -0.39 is 27.4 Å². The number of carbonyl (C=O) groups is 1. The van der Waals surface area contributed by atoms with Crippen LogP contribution in [0, 0.1) is 10.1 Å². The van der Waals surface area contributed by atoms with Crippen LogP contribution in [0.25, 0.3) is 0 Å². The summed E-state index contributed by atoms with van der Waals surface area (Å²) in [7, 11) is -2.68. The first-order valence-corrected chi connectivity index (χ1v) is 11.5. The van der Waals surface area contributed by atoms with E-state index in [0.29, 0.717) is 10.1 Å². The summed E-state index contributed by atoms with van der Waals surface area (Å²) in [5.41, 5.74) is -0.471. The van der Waals surface area contributed by atoms with Crippen LogP contribution < -0.4 is 14.4 Å². The third-order valence-corrected chi connectivity index (χ3v) is 6.40. The van der Waals surface area contributed by atoms with Crippen molar-refractivity contribution in [3.63, 3.8) is 0 Å². The van der Waals surface area contributed by atoms with Crippen LogP contribution >= 0.6 is 23.1 Å². The number of hydrogen-bond acceptors (Lipinski definition) is 10. The monoisotopic (exact) mass is 459 g/mol. The summed E-state index contributed by atoms with van der Waals surface area (Å²) in [5.74, 6) is -0.00920. The predicted octanol–water partition coefficient (Wildman–Crippen LogP) is 2.14. The highest BCUT2D eigenvalue weighted by Crippen LogP contribution is 2.33. The number of non-ortho nitro benzene ring substituents is 1. The lowest BCUT2D eigenvalue weighted by Gasteiger charge is -2.23. The van der Waals surface area contributed by atoms with Gasteiger partial charge in [0.05, 0.1) is 18.3 Å². The zero-order valence-electron chi connectivity index (χ0n) is 15.4. The molecule has 0 saturated carbocycles. The molecular formula is C15H17N5O6S3. The van der Waals surface area contributed by atoms with Gasteiger partial charge in [-0.1, -0.05) is 29.2 Å². The number of nitrogens with zero attached hydrogens (tertiary/aromatic N) is 4. The second-order valence-electron chi connectivity index (χ2n) is 5.40. The Morgan fingerprint density at radius 3 is 2.79 bits per heavy atom. The number of nitrogens with one attached hydrogen (secondary N) is 1. The average Bonchev–Trinajstić information content (AvgIpc) is 3.10. The van der Waals surface area contributed by atoms with E-state index in [2.05, 4.69) is 22.1 Å². The predicted molar refractivity (Wildman–Crippen MR) is 111 cm³/mol. The van der Waals surface area contributed by atoms with E-state index in [9.17, 15) is 23.3 Å². The molecule has 2 rings (SSSR count). The van der Waals surface area contributed by atoms with Gasteiger partial charge in [-0.15, -0.1) is 16.8 Å². The molecule has 1 aromatic heterocycles. The maximum atomic E-state index is 12.4. The largest absolute Gasteiger partial charge is 0.495 e. The quantitative estimate of drug-likeness (QED) is 0.186. The van der Waals surface area contributed by atoms with E-state index in [1.165, 1.54) is 31.0 Å². The Balaban J connectivity index is 2.27. The van der Waals surface area contributed by atoms with Crippen molar-refractivity contribution >= 4 is 55.5 Å². The smallest absolute Gasteiger partial charge is 0.271 e. The van der Waals surface area contributed by atoms with Crippen molar-refractivity contribution in [1.82, 2.24) is 10.2 Å². The van der Waals surface area contributed by atoms with Gasteiger partial charge in [-0.05, 0) is 6.07 Å². The van der Waals surface area contributed by atoms with E-state index >= 15 is 0 Å². The second-order valence-corrected chi connectivity index (χ2v) is 9.56. The molecule has 2 aromatic rings. The molecule has 0 radical (unpaired) electrons. The first kappa shape index (κ1) is 22.6. The zero-order valence-corrected chi connectivity index (χ0v) is 17.8. The van der Waals surface area contributed by atoms with Gasteiger partial charge in [-0.25, -0.2) is 8.42 Å². The van der Waals surface area contributed by atoms with Crippen molar-refractivity contribution in [1.29, 1.82) is 0 Å². The van der Waals surface area contributed by atoms with Crippen molar-refractivity contribution in [3.05, 3.63) is 41.0 Å². The third kappa shape index (κ3) is 6.13. The summed E-state index contributed by atoms with van der Waals surface area (Å²) < 4.78 is 31.0. The number of thioether (sulfide) groups is 1. The molecule has 1 heterocycles. The molecule has 0 fully saturated rings. The van der Waals surface area contributed by atoms with E-state index in [4.69, 9.17) is 4.74 Å². The van der Waals surface area contributed by atoms with Crippen LogP contribution in [0.15, 0.2) is 35.2 Å². The van der Waals surface area contributed by atoms with E-state index in [-0.39, 0.29) is 22.3 Å². The van der Waals surface area contributed by atoms with Crippen molar-refractivity contribution < 1.29 is 22.9 Å². The molecule has 0 atom stereocenters. The highest BCUT2D eigenvalue weighted by atomic mass is 32.2. The number of hydrogen-bond donors (Lipinski definition) is 1. The summed E-state index contributed by atoms with van der Waals surface area (Å²) in [6, 6.07) is 3.46. The fraction of sp³-hybridized carbons (Fsp3) is 0.267. The maximum absolute atomic E-state index is 12.4. The van der Waals surface area contributed by atoms with Crippen LogP contribution in [0.2, 0.25) is 0 Å². The van der Waals surface area contributed by atoms with Gasteiger partial charge >= 0.3 is 0 Å². The normalized spacial score (nSPS) is 11.0. The number of carbonyl (C=O) groups excluding carboxylic acids is 1.